The van der Waals surface area contributed by atoms with Gasteiger partial charge in [0.1, 0.15) is 6.04 Å². The number of thiol groups is 1. The summed E-state index contributed by atoms with van der Waals surface area (Å²) in [4.78, 5) is 39.2. The van der Waals surface area contributed by atoms with E-state index in [-0.39, 0.29) is 30.3 Å². The van der Waals surface area contributed by atoms with Crippen molar-refractivity contribution in [3.05, 3.63) is 71.8 Å². The molecule has 0 unspecified atom stereocenters. The van der Waals surface area contributed by atoms with Crippen LogP contribution in [0.4, 0.5) is 0 Å². The Labute approximate surface area is 236 Å². The topological polar surface area (TPSA) is 99.3 Å². The Morgan fingerprint density at radius 3 is 1.95 bits per heavy atom. The summed E-state index contributed by atoms with van der Waals surface area (Å²) < 4.78 is 0. The van der Waals surface area contributed by atoms with Crippen LogP contribution in [0, 0.1) is 23.7 Å². The molecule has 3 amide bonds. The quantitative estimate of drug-likeness (QED) is 0.264. The summed E-state index contributed by atoms with van der Waals surface area (Å²) in [5.74, 6) is 2.25. The van der Waals surface area contributed by atoms with Crippen LogP contribution in [0.15, 0.2) is 60.7 Å². The van der Waals surface area contributed by atoms with E-state index in [4.69, 9.17) is 0 Å². The molecule has 2 atom stereocenters. The van der Waals surface area contributed by atoms with Crippen LogP contribution in [0.3, 0.4) is 0 Å². The third-order valence-corrected chi connectivity index (χ3v) is 9.15. The molecular weight excluding hydrogens is 508 g/mol. The minimum atomic E-state index is -0.703. The predicted octanol–water partition coefficient (Wildman–Crippen LogP) is 2.86. The minimum absolute atomic E-state index is 0.131. The van der Waals surface area contributed by atoms with Gasteiger partial charge in [-0.2, -0.15) is 12.6 Å². The van der Waals surface area contributed by atoms with E-state index in [1.165, 1.54) is 32.1 Å². The van der Waals surface area contributed by atoms with Gasteiger partial charge in [0, 0.05) is 24.8 Å². The second-order valence-electron chi connectivity index (χ2n) is 11.6. The molecule has 4 fully saturated rings. The summed E-state index contributed by atoms with van der Waals surface area (Å²) in [5, 5.41) is 12.1. The molecule has 6 rings (SSSR count). The second-order valence-corrected chi connectivity index (χ2v) is 12.0. The smallest absolute Gasteiger partial charge is 0.243 e. The van der Waals surface area contributed by atoms with E-state index in [1.807, 2.05) is 60.7 Å². The number of amides is 3. The normalized spacial score (nSPS) is 26.4. The van der Waals surface area contributed by atoms with Gasteiger partial charge in [-0.05, 0) is 66.9 Å². The fourth-order valence-corrected chi connectivity index (χ4v) is 7.39. The van der Waals surface area contributed by atoms with Crippen LogP contribution in [0.25, 0.3) is 0 Å². The molecule has 4 aliphatic rings. The van der Waals surface area contributed by atoms with Gasteiger partial charge in [0.05, 0.1) is 12.6 Å². The first-order chi connectivity index (χ1) is 19.0. The highest BCUT2D eigenvalue weighted by Gasteiger charge is 2.49. The predicted molar refractivity (Wildman–Crippen MR) is 155 cm³/mol. The average molecular weight is 549 g/mol. The summed E-state index contributed by atoms with van der Waals surface area (Å²) in [6, 6.07) is 18.5. The monoisotopic (exact) mass is 548 g/mol. The Morgan fingerprint density at radius 2 is 1.36 bits per heavy atom. The summed E-state index contributed by atoms with van der Waals surface area (Å²) in [6.07, 6.45) is 6.61. The van der Waals surface area contributed by atoms with E-state index in [1.54, 1.807) is 0 Å². The first-order valence-electron chi connectivity index (χ1n) is 14.3. The summed E-state index contributed by atoms with van der Waals surface area (Å²) in [6.45, 7) is 0.322. The van der Waals surface area contributed by atoms with E-state index in [9.17, 15) is 14.4 Å². The van der Waals surface area contributed by atoms with Crippen LogP contribution >= 0.6 is 12.6 Å². The largest absolute Gasteiger partial charge is 0.351 e. The molecule has 39 heavy (non-hydrogen) atoms. The first kappa shape index (κ1) is 27.7. The number of nitrogens with one attached hydrogen (secondary N) is 4. The van der Waals surface area contributed by atoms with Crippen LogP contribution in [0.2, 0.25) is 0 Å². The fourth-order valence-electron chi connectivity index (χ4n) is 7.10. The minimum Gasteiger partial charge on any atom is -0.351 e. The third-order valence-electron chi connectivity index (χ3n) is 8.79. The lowest BCUT2D eigenvalue weighted by Crippen LogP contribution is -2.59. The van der Waals surface area contributed by atoms with Crippen LogP contribution in [0.5, 0.6) is 0 Å². The molecule has 0 radical (unpaired) electrons. The summed E-state index contributed by atoms with van der Waals surface area (Å²) in [7, 11) is 0. The highest BCUT2D eigenvalue weighted by atomic mass is 32.1. The lowest BCUT2D eigenvalue weighted by molar-refractivity contribution is -0.132. The van der Waals surface area contributed by atoms with Crippen molar-refractivity contribution in [1.29, 1.82) is 0 Å². The molecule has 8 heteroatoms. The molecule has 0 aromatic heterocycles. The molecule has 0 spiro atoms. The summed E-state index contributed by atoms with van der Waals surface area (Å²) in [5.41, 5.74) is 2.04. The van der Waals surface area contributed by atoms with Gasteiger partial charge in [0.2, 0.25) is 17.7 Å². The van der Waals surface area contributed by atoms with Crippen molar-refractivity contribution in [2.24, 2.45) is 23.7 Å². The molecule has 208 valence electrons. The van der Waals surface area contributed by atoms with Gasteiger partial charge in [-0.1, -0.05) is 60.7 Å². The fraction of sp³-hybridized carbons (Fsp3) is 0.516. The Balaban J connectivity index is 1.16. The molecule has 2 aromatic rings. The average Bonchev–Trinajstić information content (AvgIpc) is 2.94. The van der Waals surface area contributed by atoms with Crippen molar-refractivity contribution < 1.29 is 14.4 Å². The summed E-state index contributed by atoms with van der Waals surface area (Å²) >= 11 is 4.31. The zero-order chi connectivity index (χ0) is 27.2. The Morgan fingerprint density at radius 1 is 0.769 bits per heavy atom. The molecule has 4 N–H and O–H groups in total. The molecule has 0 heterocycles. The molecule has 7 nitrogen and oxygen atoms in total. The number of carbonyl (C=O) groups excluding carboxylic acids is 3. The van der Waals surface area contributed by atoms with E-state index in [0.717, 1.165) is 23.0 Å². The molecule has 0 saturated heterocycles. The zero-order valence-electron chi connectivity index (χ0n) is 22.4. The van der Waals surface area contributed by atoms with Gasteiger partial charge in [-0.25, -0.2) is 0 Å². The van der Waals surface area contributed by atoms with Crippen molar-refractivity contribution in [1.82, 2.24) is 21.3 Å². The number of rotatable bonds is 12. The van der Waals surface area contributed by atoms with Crippen LogP contribution < -0.4 is 21.3 Å². The maximum atomic E-state index is 13.6. The SMILES string of the molecule is O=C(CNC(=O)[C@@H](CS)NCc1ccccc1)N[C@@H](Cc1ccccc1)C(=O)NC1C2CC3CC(C2)CC1C3. The van der Waals surface area contributed by atoms with Crippen molar-refractivity contribution in [3.63, 3.8) is 0 Å². The van der Waals surface area contributed by atoms with Gasteiger partial charge in [-0.15, -0.1) is 0 Å². The lowest BCUT2D eigenvalue weighted by atomic mass is 9.54. The number of hydrogen-bond acceptors (Lipinski definition) is 5. The van der Waals surface area contributed by atoms with Crippen molar-refractivity contribution >= 4 is 30.4 Å². The third kappa shape index (κ3) is 7.22. The molecule has 2 aromatic carbocycles. The number of carbonyl (C=O) groups is 3. The Hall–Kier alpha value is -2.84. The van der Waals surface area contributed by atoms with Crippen LogP contribution in [0.1, 0.15) is 43.2 Å². The van der Waals surface area contributed by atoms with E-state index in [2.05, 4.69) is 33.9 Å². The first-order valence-corrected chi connectivity index (χ1v) is 14.9. The Bertz CT molecular complexity index is 1100. The van der Waals surface area contributed by atoms with Crippen molar-refractivity contribution in [2.75, 3.05) is 12.3 Å². The highest BCUT2D eigenvalue weighted by molar-refractivity contribution is 7.80. The van der Waals surface area contributed by atoms with E-state index < -0.39 is 12.1 Å². The van der Waals surface area contributed by atoms with Crippen LogP contribution in [-0.2, 0) is 27.3 Å². The maximum Gasteiger partial charge on any atom is 0.243 e. The van der Waals surface area contributed by atoms with E-state index >= 15 is 0 Å². The van der Waals surface area contributed by atoms with Gasteiger partial charge < -0.3 is 21.3 Å². The zero-order valence-corrected chi connectivity index (χ0v) is 23.2. The Kier molecular flexibility index (Phi) is 9.24. The molecule has 4 bridgehead atoms. The highest BCUT2D eigenvalue weighted by Crippen LogP contribution is 2.53. The lowest BCUT2D eigenvalue weighted by Gasteiger charge is -2.54. The maximum absolute atomic E-state index is 13.6. The van der Waals surface area contributed by atoms with Gasteiger partial charge in [0.15, 0.2) is 0 Å². The van der Waals surface area contributed by atoms with Crippen molar-refractivity contribution in [3.8, 4) is 0 Å². The molecule has 4 aliphatic carbocycles. The molecular formula is C31H40N4O3S. The van der Waals surface area contributed by atoms with Gasteiger partial charge >= 0.3 is 0 Å². The number of benzene rings is 2. The second kappa shape index (κ2) is 13.0. The van der Waals surface area contributed by atoms with Crippen molar-refractivity contribution in [2.45, 2.75) is 63.2 Å². The molecule has 4 saturated carbocycles. The number of hydrogen-bond donors (Lipinski definition) is 5. The molecule has 0 aliphatic heterocycles. The van der Waals surface area contributed by atoms with Gasteiger partial charge in [-0.3, -0.25) is 14.4 Å². The van der Waals surface area contributed by atoms with Gasteiger partial charge in [0.25, 0.3) is 0 Å². The standard InChI is InChI=1S/C31H40N4O3S/c36-28(18-33-30(37)27(19-39)32-17-21-9-5-2-6-10-21)34-26(16-20-7-3-1-4-8-20)31(38)35-29-24-12-22-11-23(14-24)15-25(29)13-22/h1-10,22-27,29,32,39H,11-19H2,(H,33,37)(H,34,36)(H,35,38)/t22?,23?,24?,25?,26-,27+,29?/m0/s1. The van der Waals surface area contributed by atoms with E-state index in [0.29, 0.717) is 30.6 Å². The van der Waals surface area contributed by atoms with Crippen LogP contribution in [-0.4, -0.2) is 48.1 Å².